The highest BCUT2D eigenvalue weighted by Gasteiger charge is 2.15. The van der Waals surface area contributed by atoms with Crippen molar-refractivity contribution in [2.45, 2.75) is 18.9 Å². The van der Waals surface area contributed by atoms with E-state index in [-0.39, 0.29) is 5.91 Å². The van der Waals surface area contributed by atoms with Crippen molar-refractivity contribution in [2.24, 2.45) is 0 Å². The first-order valence-corrected chi connectivity index (χ1v) is 8.38. The van der Waals surface area contributed by atoms with Crippen LogP contribution in [0.5, 0.6) is 0 Å². The number of anilines is 1. The van der Waals surface area contributed by atoms with E-state index in [0.29, 0.717) is 18.2 Å². The molecule has 5 heteroatoms. The molecule has 0 spiro atoms. The third kappa shape index (κ3) is 3.92. The number of rotatable bonds is 5. The molecule has 1 fully saturated rings. The van der Waals surface area contributed by atoms with Gasteiger partial charge in [0.1, 0.15) is 0 Å². The molecule has 126 valence electrons. The van der Waals surface area contributed by atoms with E-state index in [4.69, 9.17) is 0 Å². The summed E-state index contributed by atoms with van der Waals surface area (Å²) in [6.45, 7) is 1.71. The molecule has 0 bridgehead atoms. The normalized spacial score (nSPS) is 16.8. The Morgan fingerprint density at radius 1 is 1.25 bits per heavy atom. The minimum atomic E-state index is -0.0667. The molecule has 0 radical (unpaired) electrons. The quantitative estimate of drug-likeness (QED) is 0.886. The zero-order valence-corrected chi connectivity index (χ0v) is 14.2. The van der Waals surface area contributed by atoms with E-state index in [1.54, 1.807) is 12.4 Å². The molecule has 5 nitrogen and oxygen atoms in total. The van der Waals surface area contributed by atoms with Crippen LogP contribution in [0, 0.1) is 0 Å². The van der Waals surface area contributed by atoms with Crippen molar-refractivity contribution < 1.29 is 4.79 Å². The Labute approximate surface area is 143 Å². The van der Waals surface area contributed by atoms with Crippen LogP contribution in [0.4, 0.5) is 5.69 Å². The van der Waals surface area contributed by atoms with Crippen LogP contribution in [0.15, 0.2) is 42.7 Å². The van der Waals surface area contributed by atoms with Gasteiger partial charge in [-0.05, 0) is 43.1 Å². The van der Waals surface area contributed by atoms with Crippen LogP contribution in [-0.2, 0) is 0 Å². The zero-order chi connectivity index (χ0) is 16.9. The summed E-state index contributed by atoms with van der Waals surface area (Å²) in [6.07, 6.45) is 5.71. The summed E-state index contributed by atoms with van der Waals surface area (Å²) in [5, 5.41) is 6.38. The molecule has 3 rings (SSSR count). The maximum absolute atomic E-state index is 12.3. The fourth-order valence-corrected chi connectivity index (χ4v) is 2.92. The molecule has 24 heavy (non-hydrogen) atoms. The van der Waals surface area contributed by atoms with Gasteiger partial charge in [-0.15, -0.1) is 0 Å². The van der Waals surface area contributed by atoms with Crippen molar-refractivity contribution in [2.75, 3.05) is 32.1 Å². The molecule has 1 amide bonds. The van der Waals surface area contributed by atoms with Gasteiger partial charge in [0.25, 0.3) is 5.91 Å². The van der Waals surface area contributed by atoms with Crippen molar-refractivity contribution in [1.82, 2.24) is 15.6 Å². The molecule has 1 aromatic heterocycles. The smallest absolute Gasteiger partial charge is 0.252 e. The summed E-state index contributed by atoms with van der Waals surface area (Å²) in [5.41, 5.74) is 3.75. The van der Waals surface area contributed by atoms with E-state index in [1.807, 2.05) is 20.2 Å². The molecule has 1 aliphatic heterocycles. The fraction of sp³-hybridized carbons (Fsp3) is 0.368. The molecule has 1 atom stereocenters. The third-order valence-corrected chi connectivity index (χ3v) is 4.39. The largest absolute Gasteiger partial charge is 0.378 e. The Kier molecular flexibility index (Phi) is 5.11. The lowest BCUT2D eigenvalue weighted by Gasteiger charge is -2.13. The lowest BCUT2D eigenvalue weighted by atomic mass is 10.1. The Bertz CT molecular complexity index is 691. The number of nitrogens with one attached hydrogen (secondary N) is 2. The van der Waals surface area contributed by atoms with E-state index < -0.39 is 0 Å². The van der Waals surface area contributed by atoms with Crippen LogP contribution in [0.3, 0.4) is 0 Å². The van der Waals surface area contributed by atoms with Crippen LogP contribution in [-0.4, -0.2) is 44.1 Å². The number of pyridine rings is 1. The Balaban J connectivity index is 1.69. The minimum absolute atomic E-state index is 0.0667. The Morgan fingerprint density at radius 3 is 2.71 bits per heavy atom. The highest BCUT2D eigenvalue weighted by molar-refractivity contribution is 5.95. The molecule has 2 aromatic rings. The predicted molar refractivity (Wildman–Crippen MR) is 97.4 cm³/mol. The summed E-state index contributed by atoms with van der Waals surface area (Å²) in [5.74, 6) is -0.0667. The van der Waals surface area contributed by atoms with Gasteiger partial charge in [0.05, 0.1) is 5.56 Å². The van der Waals surface area contributed by atoms with Crippen LogP contribution in [0.1, 0.15) is 23.2 Å². The standard InChI is InChI=1S/C19H24N4O/c1-23(2)18-7-5-14(6-8-18)15-10-16(12-20-11-15)19(24)22-13-17-4-3-9-21-17/h5-8,10-12,17,21H,3-4,9,13H2,1-2H3,(H,22,24). The molecular weight excluding hydrogens is 300 g/mol. The van der Waals surface area contributed by atoms with Crippen molar-refractivity contribution in [3.8, 4) is 11.1 Å². The Hall–Kier alpha value is -2.40. The average molecular weight is 324 g/mol. The number of amides is 1. The highest BCUT2D eigenvalue weighted by atomic mass is 16.1. The first-order chi connectivity index (χ1) is 11.6. The molecule has 0 saturated carbocycles. The van der Waals surface area contributed by atoms with Crippen LogP contribution >= 0.6 is 0 Å². The molecule has 1 aromatic carbocycles. The number of aromatic nitrogens is 1. The number of hydrogen-bond donors (Lipinski definition) is 2. The maximum atomic E-state index is 12.3. The van der Waals surface area contributed by atoms with Crippen molar-refractivity contribution in [3.05, 3.63) is 48.3 Å². The van der Waals surface area contributed by atoms with Gasteiger partial charge >= 0.3 is 0 Å². The molecule has 1 aliphatic rings. The lowest BCUT2D eigenvalue weighted by molar-refractivity contribution is 0.0950. The summed E-state index contributed by atoms with van der Waals surface area (Å²) >= 11 is 0. The topological polar surface area (TPSA) is 57.3 Å². The van der Waals surface area contributed by atoms with Gasteiger partial charge in [0, 0.05) is 50.3 Å². The summed E-state index contributed by atoms with van der Waals surface area (Å²) in [6, 6.07) is 10.5. The lowest BCUT2D eigenvalue weighted by Crippen LogP contribution is -2.37. The number of benzene rings is 1. The van der Waals surface area contributed by atoms with Crippen molar-refractivity contribution >= 4 is 11.6 Å². The van der Waals surface area contributed by atoms with E-state index in [2.05, 4.69) is 44.8 Å². The second kappa shape index (κ2) is 7.45. The van der Waals surface area contributed by atoms with E-state index in [9.17, 15) is 4.79 Å². The second-order valence-corrected chi connectivity index (χ2v) is 6.41. The first-order valence-electron chi connectivity index (χ1n) is 8.38. The summed E-state index contributed by atoms with van der Waals surface area (Å²) in [7, 11) is 4.03. The van der Waals surface area contributed by atoms with Crippen LogP contribution < -0.4 is 15.5 Å². The van der Waals surface area contributed by atoms with Crippen molar-refractivity contribution in [1.29, 1.82) is 0 Å². The molecular formula is C19H24N4O. The SMILES string of the molecule is CN(C)c1ccc(-c2cncc(C(=O)NCC3CCCN3)c2)cc1. The second-order valence-electron chi connectivity index (χ2n) is 6.41. The van der Waals surface area contributed by atoms with Crippen LogP contribution in [0.25, 0.3) is 11.1 Å². The number of hydrogen-bond acceptors (Lipinski definition) is 4. The molecule has 0 aliphatic carbocycles. The van der Waals surface area contributed by atoms with Gasteiger partial charge in [-0.1, -0.05) is 12.1 Å². The number of carbonyl (C=O) groups excluding carboxylic acids is 1. The number of carbonyl (C=O) groups is 1. The fourth-order valence-electron chi connectivity index (χ4n) is 2.92. The average Bonchev–Trinajstić information content (AvgIpc) is 3.13. The molecule has 1 saturated heterocycles. The van der Waals surface area contributed by atoms with E-state index in [1.165, 1.54) is 6.42 Å². The van der Waals surface area contributed by atoms with Gasteiger partial charge in [0.2, 0.25) is 0 Å². The van der Waals surface area contributed by atoms with Crippen molar-refractivity contribution in [3.63, 3.8) is 0 Å². The highest BCUT2D eigenvalue weighted by Crippen LogP contribution is 2.22. The maximum Gasteiger partial charge on any atom is 0.252 e. The van der Waals surface area contributed by atoms with Gasteiger partial charge in [0.15, 0.2) is 0 Å². The monoisotopic (exact) mass is 324 g/mol. The summed E-state index contributed by atoms with van der Waals surface area (Å²) < 4.78 is 0. The Morgan fingerprint density at radius 2 is 2.04 bits per heavy atom. The third-order valence-electron chi connectivity index (χ3n) is 4.39. The predicted octanol–water partition coefficient (Wildman–Crippen LogP) is 2.30. The number of nitrogens with zero attached hydrogens (tertiary/aromatic N) is 2. The molecule has 2 N–H and O–H groups in total. The van der Waals surface area contributed by atoms with Gasteiger partial charge in [-0.3, -0.25) is 9.78 Å². The van der Waals surface area contributed by atoms with Gasteiger partial charge in [-0.25, -0.2) is 0 Å². The first kappa shape index (κ1) is 16.5. The van der Waals surface area contributed by atoms with Crippen LogP contribution in [0.2, 0.25) is 0 Å². The molecule has 2 heterocycles. The van der Waals surface area contributed by atoms with E-state index in [0.717, 1.165) is 29.8 Å². The van der Waals surface area contributed by atoms with E-state index >= 15 is 0 Å². The van der Waals surface area contributed by atoms with Gasteiger partial charge < -0.3 is 15.5 Å². The van der Waals surface area contributed by atoms with Gasteiger partial charge in [-0.2, -0.15) is 0 Å². The zero-order valence-electron chi connectivity index (χ0n) is 14.2. The molecule has 1 unspecified atom stereocenters. The minimum Gasteiger partial charge on any atom is -0.378 e. The summed E-state index contributed by atoms with van der Waals surface area (Å²) in [4.78, 5) is 18.6.